The van der Waals surface area contributed by atoms with Crippen LogP contribution in [0.15, 0.2) is 0 Å². The molecule has 1 aliphatic heterocycles. The third kappa shape index (κ3) is 1.44. The first kappa shape index (κ1) is 7.00. The van der Waals surface area contributed by atoms with Gasteiger partial charge >= 0.3 is 5.77 Å². The van der Waals surface area contributed by atoms with Gasteiger partial charge in [-0.15, -0.1) is 0 Å². The van der Waals surface area contributed by atoms with Gasteiger partial charge < -0.3 is 4.52 Å². The molecule has 1 rings (SSSR count). The Kier molecular flexibility index (Phi) is 2.32. The van der Waals surface area contributed by atoms with Crippen LogP contribution < -0.4 is 0 Å². The van der Waals surface area contributed by atoms with E-state index in [9.17, 15) is 4.57 Å². The molecule has 0 unspecified atom stereocenters. The monoisotopic (exact) mass is 170 g/mol. The molecule has 0 aromatic rings. The minimum atomic E-state index is -2.22. The summed E-state index contributed by atoms with van der Waals surface area (Å²) in [6.45, 7) is 0. The molecule has 0 amide bonds. The first-order valence-corrected chi connectivity index (χ1v) is 7.02. The maximum absolute atomic E-state index is 11.1. The van der Waals surface area contributed by atoms with E-state index in [1.54, 1.807) is 0 Å². The Morgan fingerprint density at radius 3 is 2.25 bits per heavy atom. The van der Waals surface area contributed by atoms with E-state index in [1.165, 1.54) is 29.9 Å². The highest BCUT2D eigenvalue weighted by Gasteiger charge is 2.28. The van der Waals surface area contributed by atoms with Crippen LogP contribution in [0.5, 0.6) is 0 Å². The molecule has 0 bridgehead atoms. The summed E-state index contributed by atoms with van der Waals surface area (Å²) in [5.74, 6) is -0.282. The van der Waals surface area contributed by atoms with Gasteiger partial charge in [-0.1, -0.05) is 22.8 Å². The Morgan fingerprint density at radius 1 is 1.50 bits per heavy atom. The van der Waals surface area contributed by atoms with Crippen LogP contribution in [-0.2, 0) is 9.09 Å². The van der Waals surface area contributed by atoms with Gasteiger partial charge in [0.15, 0.2) is 0 Å². The average Bonchev–Trinajstić information content (AvgIpc) is 2.17. The maximum Gasteiger partial charge on any atom is 0.312 e. The van der Waals surface area contributed by atoms with E-state index < -0.39 is 5.77 Å². The summed E-state index contributed by atoms with van der Waals surface area (Å²) in [6, 6.07) is 0. The molecule has 0 N–H and O–H groups in total. The number of hydrogen-bond donors (Lipinski definition) is 0. The molecule has 0 saturated carbocycles. The van der Waals surface area contributed by atoms with Gasteiger partial charge in [-0.2, -0.15) is 0 Å². The predicted octanol–water partition coefficient (Wildman–Crippen LogP) is 2.22. The van der Waals surface area contributed by atoms with E-state index in [1.807, 2.05) is 0 Å². The summed E-state index contributed by atoms with van der Waals surface area (Å²) >= 11 is 2.88. The summed E-state index contributed by atoms with van der Waals surface area (Å²) in [5.41, 5.74) is 0. The largest absolute Gasteiger partial charge is 0.317 e. The van der Waals surface area contributed by atoms with Crippen molar-refractivity contribution in [3.05, 3.63) is 0 Å². The van der Waals surface area contributed by atoms with Gasteiger partial charge in [0.25, 0.3) is 0 Å². The Hall–Kier alpha value is 0.890. The van der Waals surface area contributed by atoms with Gasteiger partial charge in [0, 0.05) is 18.6 Å². The lowest BCUT2D eigenvalue weighted by molar-refractivity contribution is 0.424. The molecular weight excluding hydrogens is 163 g/mol. The fraction of sp³-hybridized carbons (Fsp3) is 1.00. The second kappa shape index (κ2) is 2.65. The lowest BCUT2D eigenvalue weighted by Crippen LogP contribution is -1.65. The summed E-state index contributed by atoms with van der Waals surface area (Å²) in [6.07, 6.45) is 0. The van der Waals surface area contributed by atoms with Crippen LogP contribution in [-0.4, -0.2) is 18.6 Å². The molecule has 0 spiro atoms. The smallest absolute Gasteiger partial charge is 0.312 e. The van der Waals surface area contributed by atoms with Crippen molar-refractivity contribution in [2.75, 3.05) is 18.6 Å². The van der Waals surface area contributed by atoms with Crippen LogP contribution in [0.2, 0.25) is 0 Å². The van der Waals surface area contributed by atoms with Crippen LogP contribution in [0.1, 0.15) is 0 Å². The van der Waals surface area contributed by atoms with E-state index in [-0.39, 0.29) is 0 Å². The molecule has 1 fully saturated rings. The predicted molar refractivity (Wildman–Crippen MR) is 39.5 cm³/mol. The molecule has 2 nitrogen and oxygen atoms in total. The standard InChI is InChI=1S/C3H7O2PS2/c1-5-6(4)7-2-3-8-6/h2-3H2,1H3. The fourth-order valence-corrected chi connectivity index (χ4v) is 7.32. The molecule has 0 aromatic heterocycles. The zero-order chi connectivity index (χ0) is 6.04. The lowest BCUT2D eigenvalue weighted by Gasteiger charge is -2.02. The van der Waals surface area contributed by atoms with Crippen LogP contribution in [0, 0.1) is 0 Å². The van der Waals surface area contributed by atoms with E-state index in [2.05, 4.69) is 0 Å². The lowest BCUT2D eigenvalue weighted by atomic mass is 11.0. The van der Waals surface area contributed by atoms with Crippen LogP contribution in [0.3, 0.4) is 0 Å². The Balaban J connectivity index is 2.53. The molecular formula is C3H7O2PS2. The van der Waals surface area contributed by atoms with Crippen molar-refractivity contribution < 1.29 is 9.09 Å². The summed E-state index contributed by atoms with van der Waals surface area (Å²) in [5, 5.41) is 0. The van der Waals surface area contributed by atoms with E-state index in [0.29, 0.717) is 0 Å². The molecule has 8 heavy (non-hydrogen) atoms. The quantitative estimate of drug-likeness (QED) is 0.564. The highest BCUT2D eigenvalue weighted by atomic mass is 33.1. The van der Waals surface area contributed by atoms with Gasteiger partial charge in [0.1, 0.15) is 0 Å². The average molecular weight is 170 g/mol. The summed E-state index contributed by atoms with van der Waals surface area (Å²) in [7, 11) is 1.51. The minimum absolute atomic E-state index is 0.968. The first-order chi connectivity index (χ1) is 3.77. The Bertz CT molecular complexity index is 116. The minimum Gasteiger partial charge on any atom is -0.317 e. The summed E-state index contributed by atoms with van der Waals surface area (Å²) in [4.78, 5) is 0. The number of hydrogen-bond acceptors (Lipinski definition) is 4. The zero-order valence-electron chi connectivity index (χ0n) is 4.49. The topological polar surface area (TPSA) is 26.3 Å². The van der Waals surface area contributed by atoms with E-state index >= 15 is 0 Å². The van der Waals surface area contributed by atoms with Gasteiger partial charge in [-0.05, 0) is 0 Å². The van der Waals surface area contributed by atoms with Crippen molar-refractivity contribution in [3.63, 3.8) is 0 Å². The molecule has 0 atom stereocenters. The van der Waals surface area contributed by atoms with Crippen molar-refractivity contribution >= 4 is 28.5 Å². The van der Waals surface area contributed by atoms with E-state index in [4.69, 9.17) is 4.52 Å². The second-order valence-electron chi connectivity index (χ2n) is 1.30. The molecule has 0 aromatic carbocycles. The third-order valence-electron chi connectivity index (χ3n) is 0.806. The highest BCUT2D eigenvalue weighted by Crippen LogP contribution is 2.73. The van der Waals surface area contributed by atoms with Gasteiger partial charge in [-0.3, -0.25) is 4.57 Å². The second-order valence-corrected chi connectivity index (χ2v) is 9.02. The Morgan fingerprint density at radius 2 is 2.00 bits per heavy atom. The molecule has 48 valence electrons. The van der Waals surface area contributed by atoms with Gasteiger partial charge in [-0.25, -0.2) is 0 Å². The highest BCUT2D eigenvalue weighted by molar-refractivity contribution is 8.90. The number of rotatable bonds is 1. The fourth-order valence-electron chi connectivity index (χ4n) is 0.441. The molecule has 5 heteroatoms. The van der Waals surface area contributed by atoms with Crippen LogP contribution in [0.4, 0.5) is 0 Å². The molecule has 1 saturated heterocycles. The van der Waals surface area contributed by atoms with Crippen molar-refractivity contribution in [2.45, 2.75) is 0 Å². The van der Waals surface area contributed by atoms with Crippen LogP contribution in [0.25, 0.3) is 0 Å². The van der Waals surface area contributed by atoms with Crippen molar-refractivity contribution in [1.82, 2.24) is 0 Å². The zero-order valence-corrected chi connectivity index (χ0v) is 7.02. The first-order valence-electron chi connectivity index (χ1n) is 2.22. The maximum atomic E-state index is 11.1. The van der Waals surface area contributed by atoms with E-state index in [0.717, 1.165) is 11.5 Å². The van der Waals surface area contributed by atoms with Gasteiger partial charge in [0.05, 0.1) is 0 Å². The Labute approximate surface area is 56.7 Å². The third-order valence-corrected chi connectivity index (χ3v) is 8.70. The molecule has 1 heterocycles. The van der Waals surface area contributed by atoms with Crippen LogP contribution >= 0.6 is 28.5 Å². The SMILES string of the molecule is COP1(=O)SCCS1. The normalized spacial score (nSPS) is 26.1. The van der Waals surface area contributed by atoms with Crippen molar-refractivity contribution in [1.29, 1.82) is 0 Å². The molecule has 0 radical (unpaired) electrons. The van der Waals surface area contributed by atoms with Gasteiger partial charge in [0.2, 0.25) is 0 Å². The molecule has 0 aliphatic carbocycles. The van der Waals surface area contributed by atoms with Crippen molar-refractivity contribution in [3.8, 4) is 0 Å². The van der Waals surface area contributed by atoms with Crippen molar-refractivity contribution in [2.24, 2.45) is 0 Å². The summed E-state index contributed by atoms with van der Waals surface area (Å²) < 4.78 is 15.9. The molecule has 1 aliphatic rings.